The molecule has 1 unspecified atom stereocenters. The molecule has 0 saturated heterocycles. The number of hydrogen-bond acceptors (Lipinski definition) is 2. The van der Waals surface area contributed by atoms with Gasteiger partial charge in [-0.2, -0.15) is 0 Å². The van der Waals surface area contributed by atoms with E-state index < -0.39 is 0 Å². The Morgan fingerprint density at radius 3 is 2.56 bits per heavy atom. The van der Waals surface area contributed by atoms with E-state index in [9.17, 15) is 0 Å². The predicted molar refractivity (Wildman–Crippen MR) is 67.0 cm³/mol. The largest absolute Gasteiger partial charge is 0.511 e. The van der Waals surface area contributed by atoms with Crippen molar-refractivity contribution in [1.82, 2.24) is 0 Å². The summed E-state index contributed by atoms with van der Waals surface area (Å²) in [6.45, 7) is 0.683. The molecular weight excluding hydrogens is 402 g/mol. The zero-order valence-electron chi connectivity index (χ0n) is 9.67. The van der Waals surface area contributed by atoms with Crippen LogP contribution < -0.4 is 0 Å². The minimum Gasteiger partial charge on any atom is -0.511 e. The van der Waals surface area contributed by atoms with Crippen LogP contribution in [0.5, 0.6) is 0 Å². The monoisotopic (exact) mass is 415 g/mol. The molecule has 0 amide bonds. The Labute approximate surface area is 120 Å². The van der Waals surface area contributed by atoms with E-state index in [4.69, 9.17) is 4.74 Å². The molecule has 93 valence electrons. The van der Waals surface area contributed by atoms with Crippen molar-refractivity contribution in [2.24, 2.45) is 4.99 Å². The van der Waals surface area contributed by atoms with Crippen molar-refractivity contribution >= 4 is 5.90 Å². The normalized spacial score (nSPS) is 17.6. The third kappa shape index (κ3) is 2.69. The summed E-state index contributed by atoms with van der Waals surface area (Å²) < 4.78 is 5.85. The fraction of sp³-hybridized carbons (Fsp3) is 0.133. The molecule has 0 aromatic heterocycles. The minimum atomic E-state index is 0. The molecule has 3 rings (SSSR count). The summed E-state index contributed by atoms with van der Waals surface area (Å²) in [5.74, 6) is 0.694. The van der Waals surface area contributed by atoms with Crippen molar-refractivity contribution in [3.63, 3.8) is 0 Å². The van der Waals surface area contributed by atoms with Gasteiger partial charge in [0.05, 0.1) is 6.54 Å². The second kappa shape index (κ2) is 5.94. The molecule has 1 heterocycles. The number of ether oxygens (including phenoxy) is 1. The van der Waals surface area contributed by atoms with Crippen LogP contribution in [0.2, 0.25) is 0 Å². The Bertz CT molecular complexity index is 525. The topological polar surface area (TPSA) is 21.6 Å². The molecular formula is C15H12IrNO-. The number of nitrogens with zero attached hydrogens (tertiary/aromatic N) is 1. The van der Waals surface area contributed by atoms with Crippen LogP contribution in [0, 0.1) is 6.07 Å². The fourth-order valence-electron chi connectivity index (χ4n) is 1.89. The van der Waals surface area contributed by atoms with Gasteiger partial charge in [-0.3, -0.25) is 4.99 Å². The van der Waals surface area contributed by atoms with Gasteiger partial charge in [0.2, 0.25) is 0 Å². The van der Waals surface area contributed by atoms with Gasteiger partial charge in [0.1, 0.15) is 12.0 Å². The number of rotatable bonds is 2. The molecule has 3 heteroatoms. The number of hydrogen-bond donors (Lipinski definition) is 0. The number of benzene rings is 2. The van der Waals surface area contributed by atoms with E-state index >= 15 is 0 Å². The van der Waals surface area contributed by atoms with E-state index in [1.807, 2.05) is 42.5 Å². The van der Waals surface area contributed by atoms with Crippen molar-refractivity contribution in [2.45, 2.75) is 6.10 Å². The van der Waals surface area contributed by atoms with Gasteiger partial charge in [0.15, 0.2) is 0 Å². The second-order valence-electron chi connectivity index (χ2n) is 3.94. The van der Waals surface area contributed by atoms with Crippen molar-refractivity contribution in [2.75, 3.05) is 6.54 Å². The SMILES string of the molecule is [Ir].[c-]1ccccc1C1=NCC(c2ccccc2)O1. The first kappa shape index (κ1) is 13.0. The molecule has 0 fully saturated rings. The fourth-order valence-corrected chi connectivity index (χ4v) is 1.89. The molecule has 1 atom stereocenters. The standard InChI is InChI=1S/C15H12NO.Ir/c1-3-7-12(8-4-1)14-11-16-15(17-14)13-9-5-2-6-10-13;/h1-9,14H,11H2;/q-1;. The molecule has 18 heavy (non-hydrogen) atoms. The summed E-state index contributed by atoms with van der Waals surface area (Å²) in [5, 5.41) is 0. The van der Waals surface area contributed by atoms with Crippen LogP contribution in [0.25, 0.3) is 0 Å². The van der Waals surface area contributed by atoms with Crippen LogP contribution in [-0.2, 0) is 24.8 Å². The van der Waals surface area contributed by atoms with Crippen LogP contribution in [0.15, 0.2) is 59.6 Å². The van der Waals surface area contributed by atoms with E-state index in [-0.39, 0.29) is 26.2 Å². The summed E-state index contributed by atoms with van der Waals surface area (Å²) in [6, 6.07) is 21.0. The van der Waals surface area contributed by atoms with E-state index in [0.29, 0.717) is 12.4 Å². The third-order valence-corrected chi connectivity index (χ3v) is 2.77. The van der Waals surface area contributed by atoms with Crippen molar-refractivity contribution < 1.29 is 24.8 Å². The molecule has 0 N–H and O–H groups in total. The first-order valence-electron chi connectivity index (χ1n) is 5.66. The zero-order chi connectivity index (χ0) is 11.5. The molecule has 0 bridgehead atoms. The Morgan fingerprint density at radius 1 is 1.06 bits per heavy atom. The first-order chi connectivity index (χ1) is 8.43. The minimum absolute atomic E-state index is 0. The molecule has 2 nitrogen and oxygen atoms in total. The summed E-state index contributed by atoms with van der Waals surface area (Å²) >= 11 is 0. The molecule has 1 aliphatic heterocycles. The maximum Gasteiger partial charge on any atom is 0.132 e. The quantitative estimate of drug-likeness (QED) is 0.693. The Kier molecular flexibility index (Phi) is 4.29. The van der Waals surface area contributed by atoms with Gasteiger partial charge in [0, 0.05) is 20.1 Å². The second-order valence-corrected chi connectivity index (χ2v) is 3.94. The smallest absolute Gasteiger partial charge is 0.132 e. The molecule has 2 aromatic rings. The van der Waals surface area contributed by atoms with Crippen LogP contribution in [0.4, 0.5) is 0 Å². The molecule has 0 spiro atoms. The van der Waals surface area contributed by atoms with E-state index in [1.54, 1.807) is 0 Å². The maximum absolute atomic E-state index is 5.85. The molecule has 1 aliphatic rings. The summed E-state index contributed by atoms with van der Waals surface area (Å²) in [4.78, 5) is 4.43. The van der Waals surface area contributed by atoms with Crippen LogP contribution in [0.3, 0.4) is 0 Å². The van der Waals surface area contributed by atoms with Gasteiger partial charge < -0.3 is 4.74 Å². The van der Waals surface area contributed by atoms with Gasteiger partial charge in [-0.25, -0.2) is 0 Å². The van der Waals surface area contributed by atoms with E-state index in [2.05, 4.69) is 23.2 Å². The van der Waals surface area contributed by atoms with Crippen molar-refractivity contribution in [1.29, 1.82) is 0 Å². The first-order valence-corrected chi connectivity index (χ1v) is 5.66. The van der Waals surface area contributed by atoms with E-state index in [1.165, 1.54) is 5.56 Å². The maximum atomic E-state index is 5.85. The summed E-state index contributed by atoms with van der Waals surface area (Å²) in [5.41, 5.74) is 2.09. The van der Waals surface area contributed by atoms with Gasteiger partial charge in [0.25, 0.3) is 0 Å². The number of aliphatic imine (C=N–C) groups is 1. The van der Waals surface area contributed by atoms with E-state index in [0.717, 1.165) is 5.56 Å². The Hall–Kier alpha value is -1.44. The average molecular weight is 414 g/mol. The van der Waals surface area contributed by atoms with Crippen LogP contribution >= 0.6 is 0 Å². The van der Waals surface area contributed by atoms with Crippen molar-refractivity contribution in [3.8, 4) is 0 Å². The van der Waals surface area contributed by atoms with Crippen LogP contribution in [-0.4, -0.2) is 12.4 Å². The Morgan fingerprint density at radius 2 is 1.83 bits per heavy atom. The van der Waals surface area contributed by atoms with Gasteiger partial charge in [-0.05, 0) is 5.56 Å². The van der Waals surface area contributed by atoms with Gasteiger partial charge in [-0.1, -0.05) is 35.9 Å². The predicted octanol–water partition coefficient (Wildman–Crippen LogP) is 3.00. The molecule has 2 aromatic carbocycles. The summed E-state index contributed by atoms with van der Waals surface area (Å²) in [7, 11) is 0. The van der Waals surface area contributed by atoms with Gasteiger partial charge in [-0.15, -0.1) is 30.3 Å². The zero-order valence-corrected chi connectivity index (χ0v) is 12.1. The summed E-state index contributed by atoms with van der Waals surface area (Å²) in [6.07, 6.45) is 0.0415. The van der Waals surface area contributed by atoms with Gasteiger partial charge >= 0.3 is 0 Å². The Balaban J connectivity index is 0.00000120. The van der Waals surface area contributed by atoms with Crippen LogP contribution in [0.1, 0.15) is 17.2 Å². The third-order valence-electron chi connectivity index (χ3n) is 2.77. The molecule has 0 aliphatic carbocycles. The van der Waals surface area contributed by atoms with Crippen molar-refractivity contribution in [3.05, 3.63) is 71.8 Å². The molecule has 0 saturated carbocycles. The average Bonchev–Trinajstić information content (AvgIpc) is 2.90. The molecule has 1 radical (unpaired) electrons.